The number of phenols is 1. The second-order valence-electron chi connectivity index (χ2n) is 11.3. The third-order valence-corrected chi connectivity index (χ3v) is 8.96. The molecule has 0 amide bonds. The summed E-state index contributed by atoms with van der Waals surface area (Å²) in [5.74, 6) is 0.197. The van der Waals surface area contributed by atoms with Gasteiger partial charge in [0.2, 0.25) is 0 Å². The van der Waals surface area contributed by atoms with Gasteiger partial charge in [0, 0.05) is 32.8 Å². The zero-order chi connectivity index (χ0) is 31.5. The first-order chi connectivity index (χ1) is 22.5. The van der Waals surface area contributed by atoms with Crippen molar-refractivity contribution in [1.29, 1.82) is 0 Å². The summed E-state index contributed by atoms with van der Waals surface area (Å²) >= 11 is 1.58. The van der Waals surface area contributed by atoms with Crippen LogP contribution in [-0.4, -0.2) is 15.1 Å². The van der Waals surface area contributed by atoms with Crippen molar-refractivity contribution in [1.82, 2.24) is 9.97 Å². The molecule has 5 aromatic carbocycles. The molecular weight excluding hydrogens is 776 g/mol. The van der Waals surface area contributed by atoms with E-state index in [0.29, 0.717) is 11.3 Å². The quantitative estimate of drug-likeness (QED) is 0.163. The predicted molar refractivity (Wildman–Crippen MR) is 190 cm³/mol. The Hall–Kier alpha value is -4.76. The molecule has 0 aliphatic rings. The Kier molecular flexibility index (Phi) is 9.82. The van der Waals surface area contributed by atoms with E-state index in [-0.39, 0.29) is 26.8 Å². The molecule has 0 saturated heterocycles. The van der Waals surface area contributed by atoms with Gasteiger partial charge in [0.25, 0.3) is 0 Å². The molecule has 1 N–H and O–H groups in total. The number of nitrogens with zero attached hydrogens (tertiary/aromatic N) is 2. The molecule has 0 aliphatic carbocycles. The molecule has 3 nitrogen and oxygen atoms in total. The van der Waals surface area contributed by atoms with Gasteiger partial charge in [0.05, 0.1) is 10.7 Å². The summed E-state index contributed by atoms with van der Waals surface area (Å²) in [6.45, 7) is 4.27. The van der Waals surface area contributed by atoms with E-state index in [2.05, 4.69) is 116 Å². The maximum Gasteiger partial charge on any atom is 0.124 e. The van der Waals surface area contributed by atoms with Gasteiger partial charge < -0.3 is 5.11 Å². The standard InChI is InChI=1S/C42H31N2OS.Pt/c1-28-11-10-12-29(2)42(28)35-26-38(44-39(27-35)37-15-6-7-16-40(37)45)34-23-33(24-36(25-34)46-41-17-8-9-22-43-41)32-20-18-31(19-21-32)30-13-4-3-5-14-30;/h3-24,26-27,45H,1-2H3;/q-1;. The summed E-state index contributed by atoms with van der Waals surface area (Å²) in [4.78, 5) is 10.6. The topological polar surface area (TPSA) is 46.0 Å². The second kappa shape index (κ2) is 14.3. The summed E-state index contributed by atoms with van der Waals surface area (Å²) in [5.41, 5.74) is 12.1. The van der Waals surface area contributed by atoms with Gasteiger partial charge in [-0.3, -0.25) is 4.98 Å². The third-order valence-electron chi connectivity index (χ3n) is 8.07. The van der Waals surface area contributed by atoms with Gasteiger partial charge in [-0.25, -0.2) is 4.98 Å². The molecule has 0 bridgehead atoms. The number of hydrogen-bond donors (Lipinski definition) is 1. The van der Waals surface area contributed by atoms with Gasteiger partial charge in [0.1, 0.15) is 5.75 Å². The number of benzene rings is 5. The average Bonchev–Trinajstić information content (AvgIpc) is 3.09. The van der Waals surface area contributed by atoms with Gasteiger partial charge in [-0.2, -0.15) is 0 Å². The van der Waals surface area contributed by atoms with Crippen LogP contribution in [0.2, 0.25) is 0 Å². The van der Waals surface area contributed by atoms with Gasteiger partial charge in [0.15, 0.2) is 0 Å². The van der Waals surface area contributed by atoms with Crippen LogP contribution in [0.1, 0.15) is 11.1 Å². The Labute approximate surface area is 294 Å². The molecule has 7 aromatic rings. The van der Waals surface area contributed by atoms with E-state index in [1.807, 2.05) is 48.7 Å². The van der Waals surface area contributed by atoms with Crippen molar-refractivity contribution in [2.24, 2.45) is 0 Å². The van der Waals surface area contributed by atoms with Gasteiger partial charge in [-0.1, -0.05) is 119 Å². The van der Waals surface area contributed by atoms with E-state index in [9.17, 15) is 5.11 Å². The van der Waals surface area contributed by atoms with Crippen LogP contribution in [0.25, 0.3) is 55.9 Å². The van der Waals surface area contributed by atoms with Crippen LogP contribution in [0, 0.1) is 19.9 Å². The Morgan fingerprint density at radius 3 is 1.91 bits per heavy atom. The normalized spacial score (nSPS) is 10.8. The smallest absolute Gasteiger partial charge is 0.124 e. The van der Waals surface area contributed by atoms with Crippen molar-refractivity contribution in [3.05, 3.63) is 163 Å². The molecule has 0 atom stereocenters. The van der Waals surface area contributed by atoms with Gasteiger partial charge in [-0.05, 0) is 88.8 Å². The van der Waals surface area contributed by atoms with E-state index in [4.69, 9.17) is 4.98 Å². The molecule has 0 aliphatic heterocycles. The molecule has 0 unspecified atom stereocenters. The van der Waals surface area contributed by atoms with Gasteiger partial charge in [-0.15, -0.1) is 23.8 Å². The van der Waals surface area contributed by atoms with E-state index >= 15 is 0 Å². The van der Waals surface area contributed by atoms with Crippen LogP contribution in [0.15, 0.2) is 156 Å². The fourth-order valence-corrected chi connectivity index (χ4v) is 6.65. The molecule has 0 saturated carbocycles. The maximum atomic E-state index is 10.8. The number of aromatic nitrogens is 2. The summed E-state index contributed by atoms with van der Waals surface area (Å²) in [7, 11) is 0. The van der Waals surface area contributed by atoms with Crippen molar-refractivity contribution < 1.29 is 26.2 Å². The molecule has 7 rings (SSSR count). The zero-order valence-electron chi connectivity index (χ0n) is 25.9. The molecule has 0 spiro atoms. The number of phenolic OH excluding ortho intramolecular Hbond substituents is 1. The first kappa shape index (κ1) is 32.2. The number of rotatable bonds is 7. The Bertz CT molecular complexity index is 2130. The van der Waals surface area contributed by atoms with E-state index in [1.54, 1.807) is 17.8 Å². The zero-order valence-corrected chi connectivity index (χ0v) is 29.0. The molecule has 47 heavy (non-hydrogen) atoms. The fourth-order valence-electron chi connectivity index (χ4n) is 5.82. The number of pyridine rings is 2. The minimum Gasteiger partial charge on any atom is -0.507 e. The van der Waals surface area contributed by atoms with E-state index in [0.717, 1.165) is 37.9 Å². The number of aromatic hydroxyl groups is 1. The van der Waals surface area contributed by atoms with Crippen molar-refractivity contribution in [3.63, 3.8) is 0 Å². The monoisotopic (exact) mass is 806 g/mol. The molecule has 0 fully saturated rings. The number of para-hydroxylation sites is 1. The minimum atomic E-state index is 0. The Morgan fingerprint density at radius 1 is 0.574 bits per heavy atom. The van der Waals surface area contributed by atoms with Crippen LogP contribution < -0.4 is 0 Å². The van der Waals surface area contributed by atoms with Crippen LogP contribution in [0.5, 0.6) is 5.75 Å². The number of hydrogen-bond acceptors (Lipinski definition) is 4. The second-order valence-corrected chi connectivity index (χ2v) is 12.3. The summed E-state index contributed by atoms with van der Waals surface area (Å²) in [5, 5.41) is 11.7. The van der Waals surface area contributed by atoms with Crippen LogP contribution >= 0.6 is 11.8 Å². The van der Waals surface area contributed by atoms with Crippen LogP contribution in [0.3, 0.4) is 0 Å². The SMILES string of the molecule is Cc1cccc(C)c1-c1cc(-c2[c-]c(Sc3ccccn3)cc(-c3ccc(-c4ccccc4)cc3)c2)nc(-c2ccccc2O)c1.[Pt]. The van der Waals surface area contributed by atoms with Crippen molar-refractivity contribution >= 4 is 11.8 Å². The first-order valence-corrected chi connectivity index (χ1v) is 16.0. The average molecular weight is 807 g/mol. The van der Waals surface area contributed by atoms with E-state index < -0.39 is 0 Å². The minimum absolute atomic E-state index is 0. The predicted octanol–water partition coefficient (Wildman–Crippen LogP) is 11.1. The maximum absolute atomic E-state index is 10.8. The summed E-state index contributed by atoms with van der Waals surface area (Å²) in [6.07, 6.45) is 1.81. The van der Waals surface area contributed by atoms with Gasteiger partial charge >= 0.3 is 0 Å². The first-order valence-electron chi connectivity index (χ1n) is 15.2. The number of aryl methyl sites for hydroxylation is 2. The molecule has 232 valence electrons. The molecule has 2 aromatic heterocycles. The summed E-state index contributed by atoms with van der Waals surface area (Å²) in [6, 6.07) is 50.9. The third kappa shape index (κ3) is 7.15. The van der Waals surface area contributed by atoms with Crippen molar-refractivity contribution in [2.75, 3.05) is 0 Å². The molecular formula is C42H31N2OPtS-. The Morgan fingerprint density at radius 2 is 1.21 bits per heavy atom. The van der Waals surface area contributed by atoms with Crippen LogP contribution in [-0.2, 0) is 21.1 Å². The molecule has 5 heteroatoms. The molecule has 0 radical (unpaired) electrons. The van der Waals surface area contributed by atoms with E-state index in [1.165, 1.54) is 27.8 Å². The fraction of sp³-hybridized carbons (Fsp3) is 0.0476. The Balaban J connectivity index is 0.00000386. The largest absolute Gasteiger partial charge is 0.507 e. The molecule has 2 heterocycles. The summed E-state index contributed by atoms with van der Waals surface area (Å²) < 4.78 is 0. The van der Waals surface area contributed by atoms with Crippen LogP contribution in [0.4, 0.5) is 0 Å². The van der Waals surface area contributed by atoms with Crippen molar-refractivity contribution in [2.45, 2.75) is 23.8 Å². The van der Waals surface area contributed by atoms with Crippen molar-refractivity contribution in [3.8, 4) is 61.6 Å².